The van der Waals surface area contributed by atoms with E-state index in [4.69, 9.17) is 5.73 Å². The quantitative estimate of drug-likeness (QED) is 0.888. The van der Waals surface area contributed by atoms with E-state index in [1.807, 2.05) is 6.07 Å². The van der Waals surface area contributed by atoms with Crippen LogP contribution in [0.4, 0.5) is 5.69 Å². The zero-order chi connectivity index (χ0) is 13.1. The number of nitrogens with two attached hydrogens (primary N) is 1. The van der Waals surface area contributed by atoms with Crippen LogP contribution in [0.5, 0.6) is 0 Å². The Hall–Kier alpha value is -1.80. The standard InChI is InChI=1S/C17H20N2/c18-16-7-4-12-19(13-16)17-10-8-15(9-11-17)14-5-2-1-3-6-14/h1-3,5-6,8-11,16H,4,7,12-13,18H2. The van der Waals surface area contributed by atoms with Crippen molar-refractivity contribution in [3.8, 4) is 11.1 Å². The van der Waals surface area contributed by atoms with E-state index in [0.29, 0.717) is 6.04 Å². The van der Waals surface area contributed by atoms with E-state index in [1.54, 1.807) is 0 Å². The van der Waals surface area contributed by atoms with Gasteiger partial charge in [0.15, 0.2) is 0 Å². The van der Waals surface area contributed by atoms with Gasteiger partial charge in [-0.15, -0.1) is 0 Å². The van der Waals surface area contributed by atoms with Crippen LogP contribution < -0.4 is 10.6 Å². The van der Waals surface area contributed by atoms with Gasteiger partial charge in [-0.2, -0.15) is 0 Å². The SMILES string of the molecule is NC1CCCN(c2ccc(-c3ccccc3)cc2)C1. The van der Waals surface area contributed by atoms with Crippen molar-refractivity contribution in [3.05, 3.63) is 54.6 Å². The maximum atomic E-state index is 6.04. The van der Waals surface area contributed by atoms with Crippen LogP contribution in [0, 0.1) is 0 Å². The highest BCUT2D eigenvalue weighted by atomic mass is 15.1. The van der Waals surface area contributed by atoms with Crippen molar-refractivity contribution in [2.45, 2.75) is 18.9 Å². The molecule has 2 nitrogen and oxygen atoms in total. The lowest BCUT2D eigenvalue weighted by atomic mass is 10.0. The molecule has 1 atom stereocenters. The zero-order valence-corrected chi connectivity index (χ0v) is 11.1. The molecular formula is C17H20N2. The van der Waals surface area contributed by atoms with E-state index >= 15 is 0 Å². The molecule has 2 aromatic rings. The molecule has 1 saturated heterocycles. The molecule has 3 rings (SSSR count). The van der Waals surface area contributed by atoms with Crippen molar-refractivity contribution in [1.29, 1.82) is 0 Å². The molecule has 0 spiro atoms. The summed E-state index contributed by atoms with van der Waals surface area (Å²) in [7, 11) is 0. The van der Waals surface area contributed by atoms with Crippen LogP contribution in [-0.2, 0) is 0 Å². The zero-order valence-electron chi connectivity index (χ0n) is 11.1. The van der Waals surface area contributed by atoms with E-state index in [1.165, 1.54) is 23.2 Å². The monoisotopic (exact) mass is 252 g/mol. The first-order chi connectivity index (χ1) is 9.33. The highest BCUT2D eigenvalue weighted by Crippen LogP contribution is 2.24. The fourth-order valence-electron chi connectivity index (χ4n) is 2.74. The highest BCUT2D eigenvalue weighted by molar-refractivity contribution is 5.66. The van der Waals surface area contributed by atoms with E-state index in [9.17, 15) is 0 Å². The van der Waals surface area contributed by atoms with Gasteiger partial charge in [-0.1, -0.05) is 42.5 Å². The lowest BCUT2D eigenvalue weighted by molar-refractivity contribution is 0.506. The first kappa shape index (κ1) is 12.2. The summed E-state index contributed by atoms with van der Waals surface area (Å²) in [5.41, 5.74) is 9.87. The second-order valence-electron chi connectivity index (χ2n) is 5.26. The highest BCUT2D eigenvalue weighted by Gasteiger charge is 2.16. The molecule has 0 amide bonds. The van der Waals surface area contributed by atoms with Gasteiger partial charge in [0.25, 0.3) is 0 Å². The third-order valence-corrected chi connectivity index (χ3v) is 3.80. The maximum Gasteiger partial charge on any atom is 0.0367 e. The van der Waals surface area contributed by atoms with Gasteiger partial charge in [0, 0.05) is 24.8 Å². The maximum absolute atomic E-state index is 6.04. The summed E-state index contributed by atoms with van der Waals surface area (Å²) in [5.74, 6) is 0. The molecule has 1 fully saturated rings. The molecule has 1 aliphatic heterocycles. The van der Waals surface area contributed by atoms with Crippen molar-refractivity contribution in [1.82, 2.24) is 0 Å². The molecule has 2 aromatic carbocycles. The fourth-order valence-corrected chi connectivity index (χ4v) is 2.74. The van der Waals surface area contributed by atoms with Gasteiger partial charge in [-0.05, 0) is 36.1 Å². The van der Waals surface area contributed by atoms with Crippen molar-refractivity contribution in [3.63, 3.8) is 0 Å². The minimum Gasteiger partial charge on any atom is -0.370 e. The van der Waals surface area contributed by atoms with Crippen molar-refractivity contribution in [2.24, 2.45) is 5.73 Å². The Morgan fingerprint density at radius 1 is 0.895 bits per heavy atom. The largest absolute Gasteiger partial charge is 0.370 e. The number of hydrogen-bond acceptors (Lipinski definition) is 2. The van der Waals surface area contributed by atoms with Crippen LogP contribution in [0.15, 0.2) is 54.6 Å². The molecule has 1 heterocycles. The van der Waals surface area contributed by atoms with Crippen LogP contribution in [0.2, 0.25) is 0 Å². The van der Waals surface area contributed by atoms with Crippen LogP contribution >= 0.6 is 0 Å². The Labute approximate surface area is 114 Å². The normalized spacial score (nSPS) is 19.4. The van der Waals surface area contributed by atoms with Crippen molar-refractivity contribution in [2.75, 3.05) is 18.0 Å². The summed E-state index contributed by atoms with van der Waals surface area (Å²) >= 11 is 0. The molecule has 0 radical (unpaired) electrons. The van der Waals surface area contributed by atoms with Gasteiger partial charge in [-0.3, -0.25) is 0 Å². The summed E-state index contributed by atoms with van der Waals surface area (Å²) in [6.45, 7) is 2.10. The topological polar surface area (TPSA) is 29.3 Å². The van der Waals surface area contributed by atoms with Gasteiger partial charge < -0.3 is 10.6 Å². The van der Waals surface area contributed by atoms with Gasteiger partial charge in [-0.25, -0.2) is 0 Å². The Morgan fingerprint density at radius 3 is 2.26 bits per heavy atom. The van der Waals surface area contributed by atoms with E-state index in [0.717, 1.165) is 19.5 Å². The third kappa shape index (κ3) is 2.79. The van der Waals surface area contributed by atoms with Crippen LogP contribution in [0.3, 0.4) is 0 Å². The van der Waals surface area contributed by atoms with Gasteiger partial charge in [0.05, 0.1) is 0 Å². The molecule has 2 N–H and O–H groups in total. The van der Waals surface area contributed by atoms with E-state index < -0.39 is 0 Å². The number of nitrogens with zero attached hydrogens (tertiary/aromatic N) is 1. The van der Waals surface area contributed by atoms with Gasteiger partial charge in [0.2, 0.25) is 0 Å². The summed E-state index contributed by atoms with van der Waals surface area (Å²) in [5, 5.41) is 0. The second kappa shape index (κ2) is 5.45. The average Bonchev–Trinajstić information content (AvgIpc) is 2.48. The van der Waals surface area contributed by atoms with Crippen LogP contribution in [0.1, 0.15) is 12.8 Å². The Morgan fingerprint density at radius 2 is 1.58 bits per heavy atom. The summed E-state index contributed by atoms with van der Waals surface area (Å²) < 4.78 is 0. The molecule has 19 heavy (non-hydrogen) atoms. The number of piperidine rings is 1. The predicted octanol–water partition coefficient (Wildman–Crippen LogP) is 3.28. The summed E-state index contributed by atoms with van der Waals surface area (Å²) in [4.78, 5) is 2.39. The number of hydrogen-bond donors (Lipinski definition) is 1. The molecule has 1 unspecified atom stereocenters. The molecular weight excluding hydrogens is 232 g/mol. The molecule has 1 aliphatic rings. The smallest absolute Gasteiger partial charge is 0.0367 e. The van der Waals surface area contributed by atoms with Gasteiger partial charge >= 0.3 is 0 Å². The Kier molecular flexibility index (Phi) is 3.51. The predicted molar refractivity (Wildman–Crippen MR) is 81.3 cm³/mol. The van der Waals surface area contributed by atoms with Crippen molar-refractivity contribution < 1.29 is 0 Å². The number of anilines is 1. The third-order valence-electron chi connectivity index (χ3n) is 3.80. The average molecular weight is 252 g/mol. The molecule has 0 bridgehead atoms. The minimum absolute atomic E-state index is 0.322. The first-order valence-electron chi connectivity index (χ1n) is 6.99. The van der Waals surface area contributed by atoms with Crippen LogP contribution in [0.25, 0.3) is 11.1 Å². The molecule has 2 heteroatoms. The summed E-state index contributed by atoms with van der Waals surface area (Å²) in [6.07, 6.45) is 2.35. The second-order valence-corrected chi connectivity index (χ2v) is 5.26. The molecule has 0 aliphatic carbocycles. The fraction of sp³-hybridized carbons (Fsp3) is 0.294. The van der Waals surface area contributed by atoms with E-state index in [-0.39, 0.29) is 0 Å². The Balaban J connectivity index is 1.79. The molecule has 0 aromatic heterocycles. The molecule has 98 valence electrons. The summed E-state index contributed by atoms with van der Waals surface area (Å²) in [6, 6.07) is 19.6. The minimum atomic E-state index is 0.322. The lowest BCUT2D eigenvalue weighted by Crippen LogP contribution is -2.42. The number of rotatable bonds is 2. The van der Waals surface area contributed by atoms with Crippen molar-refractivity contribution >= 4 is 5.69 Å². The number of benzene rings is 2. The van der Waals surface area contributed by atoms with Crippen LogP contribution in [-0.4, -0.2) is 19.1 Å². The Bertz CT molecular complexity index is 519. The van der Waals surface area contributed by atoms with E-state index in [2.05, 4.69) is 53.4 Å². The lowest BCUT2D eigenvalue weighted by Gasteiger charge is -2.32. The first-order valence-corrected chi connectivity index (χ1v) is 6.99. The van der Waals surface area contributed by atoms with Gasteiger partial charge in [0.1, 0.15) is 0 Å². The molecule has 0 saturated carbocycles.